The van der Waals surface area contributed by atoms with Gasteiger partial charge < -0.3 is 4.74 Å². The van der Waals surface area contributed by atoms with Gasteiger partial charge in [0.05, 0.1) is 14.2 Å². The van der Waals surface area contributed by atoms with Gasteiger partial charge in [-0.05, 0) is 18.9 Å². The normalized spacial score (nSPS) is 30.5. The Morgan fingerprint density at radius 3 is 2.31 bits per heavy atom. The van der Waals surface area contributed by atoms with E-state index in [4.69, 9.17) is 4.74 Å². The van der Waals surface area contributed by atoms with Crippen LogP contribution in [0.25, 0.3) is 0 Å². The van der Waals surface area contributed by atoms with E-state index in [2.05, 4.69) is 26.6 Å². The smallest absolute Gasteiger partial charge is 0.0579 e. The lowest BCUT2D eigenvalue weighted by molar-refractivity contribution is 0.0352. The maximum Gasteiger partial charge on any atom is 0.0579 e. The molecule has 0 saturated heterocycles. The van der Waals surface area contributed by atoms with Crippen LogP contribution in [0.15, 0.2) is 0 Å². The molecule has 0 aromatic rings. The van der Waals surface area contributed by atoms with Crippen molar-refractivity contribution in [2.45, 2.75) is 63.9 Å². The second-order valence-electron chi connectivity index (χ2n) is 5.25. The summed E-state index contributed by atoms with van der Waals surface area (Å²) in [7, 11) is -0.982. The summed E-state index contributed by atoms with van der Waals surface area (Å²) in [6.07, 6.45) is 6.12. The number of hydrogen-bond donors (Lipinski definition) is 0. The first kappa shape index (κ1) is 11.3. The molecule has 1 aliphatic carbocycles. The number of rotatable bonds is 3. The molecule has 2 atom stereocenters. The predicted molar refractivity (Wildman–Crippen MR) is 61.0 cm³/mol. The van der Waals surface area contributed by atoms with Crippen LogP contribution in [0.4, 0.5) is 0 Å². The fourth-order valence-corrected chi connectivity index (χ4v) is 4.95. The Morgan fingerprint density at radius 2 is 1.77 bits per heavy atom. The average Bonchev–Trinajstić information content (AvgIpc) is 2.04. The third-order valence-corrected chi connectivity index (χ3v) is 6.08. The molecule has 78 valence electrons. The van der Waals surface area contributed by atoms with Crippen molar-refractivity contribution in [2.24, 2.45) is 0 Å². The SMILES string of the molecule is CCO[C@@H]1CCCC[C@@H]1[Si](C)(C)C. The fraction of sp³-hybridized carbons (Fsp3) is 1.00. The molecule has 0 aromatic heterocycles. The van der Waals surface area contributed by atoms with Crippen molar-refractivity contribution in [1.82, 2.24) is 0 Å². The summed E-state index contributed by atoms with van der Waals surface area (Å²) in [4.78, 5) is 0. The van der Waals surface area contributed by atoms with E-state index in [1.54, 1.807) is 0 Å². The summed E-state index contributed by atoms with van der Waals surface area (Å²) in [6, 6.07) is 0. The standard InChI is InChI=1S/C11H24OSi/c1-5-12-10-8-6-7-9-11(10)13(2,3)4/h10-11H,5-9H2,1-4H3/t10-,11+/m1/s1. The third-order valence-electron chi connectivity index (χ3n) is 3.20. The fourth-order valence-electron chi connectivity index (χ4n) is 2.50. The maximum atomic E-state index is 5.86. The van der Waals surface area contributed by atoms with E-state index in [1.807, 2.05) is 0 Å². The molecule has 0 N–H and O–H groups in total. The molecule has 0 aliphatic heterocycles. The van der Waals surface area contributed by atoms with Gasteiger partial charge in [-0.1, -0.05) is 38.9 Å². The first-order chi connectivity index (χ1) is 6.05. The van der Waals surface area contributed by atoms with Crippen molar-refractivity contribution >= 4 is 8.07 Å². The highest BCUT2D eigenvalue weighted by Crippen LogP contribution is 2.38. The van der Waals surface area contributed by atoms with Crippen LogP contribution in [-0.2, 0) is 4.74 Å². The second kappa shape index (κ2) is 4.60. The number of hydrogen-bond acceptors (Lipinski definition) is 1. The van der Waals surface area contributed by atoms with Crippen LogP contribution in [0.3, 0.4) is 0 Å². The molecule has 0 heterocycles. The molecule has 0 unspecified atom stereocenters. The van der Waals surface area contributed by atoms with Crippen LogP contribution in [0.5, 0.6) is 0 Å². The average molecular weight is 200 g/mol. The van der Waals surface area contributed by atoms with Crippen LogP contribution < -0.4 is 0 Å². The van der Waals surface area contributed by atoms with E-state index in [-0.39, 0.29) is 0 Å². The minimum absolute atomic E-state index is 0.588. The second-order valence-corrected chi connectivity index (χ2v) is 10.7. The van der Waals surface area contributed by atoms with Crippen LogP contribution in [0.1, 0.15) is 32.6 Å². The molecule has 1 aliphatic rings. The van der Waals surface area contributed by atoms with Gasteiger partial charge in [0.2, 0.25) is 0 Å². The van der Waals surface area contributed by atoms with Crippen molar-refractivity contribution in [3.8, 4) is 0 Å². The molecule has 1 fully saturated rings. The summed E-state index contributed by atoms with van der Waals surface area (Å²) in [5.74, 6) is 0. The summed E-state index contributed by atoms with van der Waals surface area (Å²) >= 11 is 0. The van der Waals surface area contributed by atoms with Gasteiger partial charge in [-0.15, -0.1) is 0 Å². The zero-order chi connectivity index (χ0) is 9.90. The summed E-state index contributed by atoms with van der Waals surface area (Å²) < 4.78 is 5.86. The molecule has 2 heteroatoms. The van der Waals surface area contributed by atoms with Crippen molar-refractivity contribution in [2.75, 3.05) is 6.61 Å². The van der Waals surface area contributed by atoms with Gasteiger partial charge >= 0.3 is 0 Å². The lowest BCUT2D eigenvalue weighted by Gasteiger charge is -2.38. The molecule has 0 bridgehead atoms. The molecule has 0 spiro atoms. The Hall–Kier alpha value is 0.177. The summed E-state index contributed by atoms with van der Waals surface area (Å²) in [6.45, 7) is 10.5. The van der Waals surface area contributed by atoms with Gasteiger partial charge in [0.25, 0.3) is 0 Å². The lowest BCUT2D eigenvalue weighted by Crippen LogP contribution is -2.39. The highest BCUT2D eigenvalue weighted by molar-refractivity contribution is 6.77. The van der Waals surface area contributed by atoms with Crippen molar-refractivity contribution in [3.63, 3.8) is 0 Å². The van der Waals surface area contributed by atoms with E-state index in [1.165, 1.54) is 25.7 Å². The Balaban J connectivity index is 2.56. The van der Waals surface area contributed by atoms with Crippen molar-refractivity contribution in [1.29, 1.82) is 0 Å². The molecule has 0 aromatic carbocycles. The minimum Gasteiger partial charge on any atom is -0.379 e. The molecule has 0 amide bonds. The first-order valence-electron chi connectivity index (χ1n) is 5.67. The molecule has 1 nitrogen and oxygen atoms in total. The van der Waals surface area contributed by atoms with Crippen molar-refractivity contribution < 1.29 is 4.74 Å². The van der Waals surface area contributed by atoms with Gasteiger partial charge in [0, 0.05) is 6.61 Å². The van der Waals surface area contributed by atoms with Crippen LogP contribution in [0, 0.1) is 0 Å². The molecule has 1 rings (SSSR count). The predicted octanol–water partition coefficient (Wildman–Crippen LogP) is 3.67. The topological polar surface area (TPSA) is 9.23 Å². The molecule has 1 saturated carbocycles. The lowest BCUT2D eigenvalue weighted by atomic mass is 9.97. The molecular weight excluding hydrogens is 176 g/mol. The van der Waals surface area contributed by atoms with Crippen LogP contribution in [-0.4, -0.2) is 20.8 Å². The van der Waals surface area contributed by atoms with Crippen LogP contribution in [0.2, 0.25) is 25.2 Å². The van der Waals surface area contributed by atoms with Gasteiger partial charge in [-0.3, -0.25) is 0 Å². The Kier molecular flexibility index (Phi) is 3.99. The minimum atomic E-state index is -0.982. The van der Waals surface area contributed by atoms with E-state index in [9.17, 15) is 0 Å². The Bertz CT molecular complexity index is 149. The van der Waals surface area contributed by atoms with E-state index in [0.29, 0.717) is 6.10 Å². The molecular formula is C11H24OSi. The maximum absolute atomic E-state index is 5.86. The van der Waals surface area contributed by atoms with Gasteiger partial charge in [0.15, 0.2) is 0 Å². The van der Waals surface area contributed by atoms with Crippen LogP contribution >= 0.6 is 0 Å². The van der Waals surface area contributed by atoms with Gasteiger partial charge in [-0.25, -0.2) is 0 Å². The zero-order valence-electron chi connectivity index (χ0n) is 9.60. The first-order valence-corrected chi connectivity index (χ1v) is 9.25. The monoisotopic (exact) mass is 200 g/mol. The van der Waals surface area contributed by atoms with E-state index >= 15 is 0 Å². The molecule has 13 heavy (non-hydrogen) atoms. The largest absolute Gasteiger partial charge is 0.379 e. The quantitative estimate of drug-likeness (QED) is 0.632. The Labute approximate surface area is 83.9 Å². The summed E-state index contributed by atoms with van der Waals surface area (Å²) in [5, 5.41) is 0. The zero-order valence-corrected chi connectivity index (χ0v) is 10.6. The molecule has 0 radical (unpaired) electrons. The summed E-state index contributed by atoms with van der Waals surface area (Å²) in [5.41, 5.74) is 0.904. The van der Waals surface area contributed by atoms with Gasteiger partial charge in [0.1, 0.15) is 0 Å². The van der Waals surface area contributed by atoms with Crippen molar-refractivity contribution in [3.05, 3.63) is 0 Å². The van der Waals surface area contributed by atoms with E-state index in [0.717, 1.165) is 12.1 Å². The van der Waals surface area contributed by atoms with E-state index < -0.39 is 8.07 Å². The highest BCUT2D eigenvalue weighted by atomic mass is 28.3. The highest BCUT2D eigenvalue weighted by Gasteiger charge is 2.35. The van der Waals surface area contributed by atoms with Gasteiger partial charge in [-0.2, -0.15) is 0 Å². The third kappa shape index (κ3) is 3.10. The Morgan fingerprint density at radius 1 is 1.15 bits per heavy atom. The number of ether oxygens (including phenoxy) is 1.